The van der Waals surface area contributed by atoms with E-state index < -0.39 is 22.5 Å². The monoisotopic (exact) mass is 505 g/mol. The van der Waals surface area contributed by atoms with Crippen LogP contribution in [-0.4, -0.2) is 35.6 Å². The number of rotatable bonds is 7. The Morgan fingerprint density at radius 1 is 1.09 bits per heavy atom. The summed E-state index contributed by atoms with van der Waals surface area (Å²) in [6.07, 6.45) is 3.36. The summed E-state index contributed by atoms with van der Waals surface area (Å²) >= 11 is 12.0. The lowest BCUT2D eigenvalue weighted by Gasteiger charge is -2.24. The lowest BCUT2D eigenvalue weighted by atomic mass is 10.2. The number of hydrogen-bond donors (Lipinski definition) is 3. The van der Waals surface area contributed by atoms with Gasteiger partial charge in [-0.05, 0) is 48.5 Å². The van der Waals surface area contributed by atoms with E-state index in [-0.39, 0.29) is 20.6 Å². The van der Waals surface area contributed by atoms with Gasteiger partial charge >= 0.3 is 5.97 Å². The van der Waals surface area contributed by atoms with Crippen molar-refractivity contribution in [3.8, 4) is 5.82 Å². The van der Waals surface area contributed by atoms with Gasteiger partial charge in [-0.25, -0.2) is 10.4 Å². The van der Waals surface area contributed by atoms with Gasteiger partial charge in [0.2, 0.25) is 0 Å². The van der Waals surface area contributed by atoms with Crippen molar-refractivity contribution in [1.82, 2.24) is 15.0 Å². The Kier molecular flexibility index (Phi) is 6.17. The molecule has 4 aromatic rings. The number of aromatic nitrogens is 2. The van der Waals surface area contributed by atoms with Crippen LogP contribution in [0.4, 0.5) is 11.4 Å². The van der Waals surface area contributed by atoms with Crippen LogP contribution in [-0.2, 0) is 14.8 Å². The van der Waals surface area contributed by atoms with Crippen molar-refractivity contribution < 1.29 is 18.3 Å². The van der Waals surface area contributed by atoms with E-state index in [1.165, 1.54) is 18.2 Å². The number of anilines is 2. The fraction of sp³-hybridized carbons (Fsp3) is 0.0476. The zero-order chi connectivity index (χ0) is 23.8. The number of carbonyl (C=O) groups is 1. The molecule has 0 fully saturated rings. The second-order valence-corrected chi connectivity index (χ2v) is 9.64. The molecule has 0 unspecified atom stereocenters. The summed E-state index contributed by atoms with van der Waals surface area (Å²) in [7, 11) is -4.26. The normalized spacial score (nSPS) is 11.6. The highest BCUT2D eigenvalue weighted by Gasteiger charge is 2.27. The average molecular weight is 506 g/mol. The number of nitrogens with one attached hydrogen (secondary N) is 1. The highest BCUT2D eigenvalue weighted by molar-refractivity contribution is 7.92. The number of sulfonamides is 1. The van der Waals surface area contributed by atoms with Crippen molar-refractivity contribution in [3.63, 3.8) is 0 Å². The third kappa shape index (κ3) is 4.74. The Morgan fingerprint density at radius 2 is 1.82 bits per heavy atom. The predicted octanol–water partition coefficient (Wildman–Crippen LogP) is 3.70. The van der Waals surface area contributed by atoms with Gasteiger partial charge in [-0.3, -0.25) is 4.79 Å². The van der Waals surface area contributed by atoms with Crippen molar-refractivity contribution in [3.05, 3.63) is 77.0 Å². The summed E-state index contributed by atoms with van der Waals surface area (Å²) in [5.74, 6) is -0.640. The first-order valence-corrected chi connectivity index (χ1v) is 11.6. The molecule has 0 saturated heterocycles. The van der Waals surface area contributed by atoms with Crippen molar-refractivity contribution in [2.45, 2.75) is 4.90 Å². The molecule has 0 saturated carbocycles. The Hall–Kier alpha value is -3.31. The van der Waals surface area contributed by atoms with Crippen LogP contribution in [0, 0.1) is 0 Å². The topological polar surface area (TPSA) is 131 Å². The van der Waals surface area contributed by atoms with E-state index in [9.17, 15) is 13.2 Å². The summed E-state index contributed by atoms with van der Waals surface area (Å²) in [4.78, 5) is 15.3. The number of carboxylic acid groups (broad SMARTS) is 1. The van der Waals surface area contributed by atoms with Gasteiger partial charge in [-0.15, -0.1) is 0 Å². The molecule has 0 radical (unpaired) electrons. The molecule has 12 heteroatoms. The van der Waals surface area contributed by atoms with Crippen LogP contribution in [0.2, 0.25) is 10.0 Å². The SMILES string of the molecule is Nc1ccnc(-n2ccc3cc(N(NCC(=O)O)S(=O)(=O)c4cc(Cl)cc(Cl)c4)ccc32)c1. The van der Waals surface area contributed by atoms with E-state index in [0.717, 1.165) is 9.93 Å². The second kappa shape index (κ2) is 8.91. The van der Waals surface area contributed by atoms with E-state index >= 15 is 0 Å². The number of nitrogens with zero attached hydrogens (tertiary/aromatic N) is 3. The largest absolute Gasteiger partial charge is 0.480 e. The number of benzene rings is 2. The van der Waals surface area contributed by atoms with Gasteiger partial charge in [0, 0.05) is 39.6 Å². The maximum absolute atomic E-state index is 13.4. The average Bonchev–Trinajstić information content (AvgIpc) is 3.16. The molecule has 170 valence electrons. The van der Waals surface area contributed by atoms with Gasteiger partial charge in [-0.2, -0.15) is 12.8 Å². The zero-order valence-corrected chi connectivity index (χ0v) is 19.1. The molecule has 4 N–H and O–H groups in total. The van der Waals surface area contributed by atoms with Crippen LogP contribution in [0.5, 0.6) is 0 Å². The second-order valence-electron chi connectivity index (χ2n) is 6.98. The van der Waals surface area contributed by atoms with E-state index in [4.69, 9.17) is 34.0 Å². The summed E-state index contributed by atoms with van der Waals surface area (Å²) in [5, 5.41) is 10.1. The number of pyridine rings is 1. The number of nitrogen functional groups attached to an aromatic ring is 1. The van der Waals surface area contributed by atoms with Gasteiger partial charge in [0.05, 0.1) is 16.1 Å². The molecule has 0 aliphatic carbocycles. The maximum atomic E-state index is 13.4. The standard InChI is InChI=1S/C21H17Cl2N5O4S/c22-14-8-15(23)10-18(9-14)33(31,32)28(26-12-21(29)30)17-1-2-19-13(7-17)4-6-27(19)20-11-16(24)3-5-25-20/h1-11,26H,12H2,(H2,24,25)(H,29,30). The third-order valence-electron chi connectivity index (χ3n) is 4.67. The van der Waals surface area contributed by atoms with Crippen LogP contribution < -0.4 is 15.6 Å². The van der Waals surface area contributed by atoms with E-state index in [0.29, 0.717) is 16.9 Å². The quantitative estimate of drug-likeness (QED) is 0.326. The van der Waals surface area contributed by atoms with Crippen molar-refractivity contribution in [2.75, 3.05) is 16.7 Å². The summed E-state index contributed by atoms with van der Waals surface area (Å²) in [6, 6.07) is 13.9. The first-order chi connectivity index (χ1) is 15.6. The Morgan fingerprint density at radius 3 is 2.48 bits per heavy atom. The molecular weight excluding hydrogens is 489 g/mol. The maximum Gasteiger partial charge on any atom is 0.319 e. The molecule has 2 aromatic heterocycles. The number of carboxylic acids is 1. The molecule has 0 amide bonds. The highest BCUT2D eigenvalue weighted by Crippen LogP contribution is 2.30. The number of fused-ring (bicyclic) bond motifs is 1. The van der Waals surface area contributed by atoms with Crippen LogP contribution in [0.25, 0.3) is 16.7 Å². The van der Waals surface area contributed by atoms with Crippen molar-refractivity contribution in [1.29, 1.82) is 0 Å². The third-order valence-corrected chi connectivity index (χ3v) is 6.76. The molecule has 9 nitrogen and oxygen atoms in total. The molecule has 0 atom stereocenters. The van der Waals surface area contributed by atoms with Gasteiger partial charge in [0.15, 0.2) is 0 Å². The predicted molar refractivity (Wildman–Crippen MR) is 127 cm³/mol. The lowest BCUT2D eigenvalue weighted by Crippen LogP contribution is -2.45. The zero-order valence-electron chi connectivity index (χ0n) is 16.8. The number of nitrogens with two attached hydrogens (primary N) is 1. The molecule has 2 heterocycles. The first-order valence-electron chi connectivity index (χ1n) is 9.45. The van der Waals surface area contributed by atoms with Crippen LogP contribution in [0.15, 0.2) is 71.9 Å². The fourth-order valence-electron chi connectivity index (χ4n) is 3.26. The first kappa shape index (κ1) is 22.9. The van der Waals surface area contributed by atoms with Gasteiger partial charge in [-0.1, -0.05) is 23.2 Å². The summed E-state index contributed by atoms with van der Waals surface area (Å²) in [5.41, 5.74) is 9.79. The van der Waals surface area contributed by atoms with Crippen LogP contribution in [0.3, 0.4) is 0 Å². The molecule has 2 aromatic carbocycles. The molecular formula is C21H17Cl2N5O4S. The molecule has 0 bridgehead atoms. The van der Waals surface area contributed by atoms with Crippen molar-refractivity contribution >= 4 is 61.5 Å². The number of hydrogen-bond acceptors (Lipinski definition) is 6. The number of hydrazine groups is 1. The Labute approximate surface area is 199 Å². The van der Waals surface area contributed by atoms with E-state index in [1.807, 2.05) is 0 Å². The van der Waals surface area contributed by atoms with Gasteiger partial charge in [0.1, 0.15) is 12.4 Å². The van der Waals surface area contributed by atoms with E-state index in [1.54, 1.807) is 53.4 Å². The minimum absolute atomic E-state index is 0.126. The van der Waals surface area contributed by atoms with Crippen LogP contribution >= 0.6 is 23.2 Å². The number of aliphatic carboxylic acids is 1. The Bertz CT molecular complexity index is 1450. The van der Waals surface area contributed by atoms with E-state index in [2.05, 4.69) is 10.4 Å². The smallest absolute Gasteiger partial charge is 0.319 e. The molecule has 0 aliphatic heterocycles. The number of halogens is 2. The molecule has 4 rings (SSSR count). The van der Waals surface area contributed by atoms with Gasteiger partial charge < -0.3 is 15.4 Å². The highest BCUT2D eigenvalue weighted by atomic mass is 35.5. The van der Waals surface area contributed by atoms with Crippen molar-refractivity contribution in [2.24, 2.45) is 0 Å². The minimum Gasteiger partial charge on any atom is -0.480 e. The Balaban J connectivity index is 1.80. The minimum atomic E-state index is -4.26. The molecule has 0 aliphatic rings. The summed E-state index contributed by atoms with van der Waals surface area (Å²) < 4.78 is 29.3. The summed E-state index contributed by atoms with van der Waals surface area (Å²) in [6.45, 7) is -0.639. The van der Waals surface area contributed by atoms with Crippen LogP contribution in [0.1, 0.15) is 0 Å². The van der Waals surface area contributed by atoms with Gasteiger partial charge in [0.25, 0.3) is 10.0 Å². The lowest BCUT2D eigenvalue weighted by molar-refractivity contribution is -0.135. The molecule has 0 spiro atoms. The fourth-order valence-corrected chi connectivity index (χ4v) is 5.30. The molecule has 33 heavy (non-hydrogen) atoms.